The molecule has 8 nitrogen and oxygen atoms in total. The molecule has 3 aromatic rings. The molecule has 198 valence electrons. The highest BCUT2D eigenvalue weighted by molar-refractivity contribution is 6.07. The summed E-state index contributed by atoms with van der Waals surface area (Å²) in [6.45, 7) is 0.605. The summed E-state index contributed by atoms with van der Waals surface area (Å²) in [6, 6.07) is 22.8. The van der Waals surface area contributed by atoms with Gasteiger partial charge in [-0.15, -0.1) is 0 Å². The number of aliphatic carboxylic acids is 2. The first-order valence-electron chi connectivity index (χ1n) is 12.2. The van der Waals surface area contributed by atoms with Gasteiger partial charge in [0.15, 0.2) is 11.9 Å². The minimum Gasteiger partial charge on any atom is -0.494 e. The molecule has 0 heterocycles. The molecule has 0 fully saturated rings. The Kier molecular flexibility index (Phi) is 11.1. The lowest BCUT2D eigenvalue weighted by Crippen LogP contribution is -2.31. The number of carbonyl (C=O) groups excluding carboxylic acids is 1. The van der Waals surface area contributed by atoms with Crippen LogP contribution in [0.5, 0.6) is 11.5 Å². The van der Waals surface area contributed by atoms with Crippen LogP contribution in [0, 0.1) is 0 Å². The Morgan fingerprint density at radius 1 is 0.789 bits per heavy atom. The summed E-state index contributed by atoms with van der Waals surface area (Å²) in [4.78, 5) is 35.0. The van der Waals surface area contributed by atoms with E-state index >= 15 is 0 Å². The van der Waals surface area contributed by atoms with Gasteiger partial charge in [-0.05, 0) is 60.4 Å². The first-order valence-corrected chi connectivity index (χ1v) is 12.2. The summed E-state index contributed by atoms with van der Waals surface area (Å²) in [5.74, 6) is -1.12. The summed E-state index contributed by atoms with van der Waals surface area (Å²) in [7, 11) is 0. The highest BCUT2D eigenvalue weighted by Gasteiger charge is 2.19. The fourth-order valence-electron chi connectivity index (χ4n) is 3.48. The van der Waals surface area contributed by atoms with Crippen LogP contribution in [-0.2, 0) is 20.7 Å². The topological polar surface area (TPSA) is 119 Å². The van der Waals surface area contributed by atoms with Gasteiger partial charge in [0, 0.05) is 12.2 Å². The van der Waals surface area contributed by atoms with E-state index in [0.29, 0.717) is 35.5 Å². The third kappa shape index (κ3) is 9.91. The van der Waals surface area contributed by atoms with E-state index in [4.69, 9.17) is 19.3 Å². The zero-order valence-corrected chi connectivity index (χ0v) is 20.8. The second kappa shape index (κ2) is 15.0. The Bertz CT molecular complexity index is 1240. The molecule has 1 atom stereocenters. The molecule has 3 aromatic carbocycles. The van der Waals surface area contributed by atoms with Crippen molar-refractivity contribution < 1.29 is 38.8 Å². The van der Waals surface area contributed by atoms with Crippen LogP contribution >= 0.6 is 0 Å². The average molecular weight is 519 g/mol. The molecule has 38 heavy (non-hydrogen) atoms. The third-order valence-corrected chi connectivity index (χ3v) is 5.40. The van der Waals surface area contributed by atoms with E-state index in [1.807, 2.05) is 30.3 Å². The first-order chi connectivity index (χ1) is 18.4. The maximum atomic E-state index is 12.5. The number of unbranched alkanes of at least 4 members (excludes halogenated alkanes) is 1. The van der Waals surface area contributed by atoms with Gasteiger partial charge in [0.2, 0.25) is 0 Å². The number of para-hydroxylation sites is 1. The molecule has 0 aromatic heterocycles. The number of benzene rings is 3. The van der Waals surface area contributed by atoms with Gasteiger partial charge in [-0.1, -0.05) is 54.6 Å². The summed E-state index contributed by atoms with van der Waals surface area (Å²) >= 11 is 0. The predicted octanol–water partition coefficient (Wildman–Crippen LogP) is 4.92. The van der Waals surface area contributed by atoms with Crippen LogP contribution in [0.4, 0.5) is 0 Å². The van der Waals surface area contributed by atoms with Gasteiger partial charge in [0.1, 0.15) is 18.1 Å². The molecule has 0 radical (unpaired) electrons. The van der Waals surface area contributed by atoms with Crippen molar-refractivity contribution in [1.29, 1.82) is 0 Å². The number of rotatable bonds is 16. The molecule has 0 aliphatic rings. The molecule has 2 N–H and O–H groups in total. The van der Waals surface area contributed by atoms with Crippen molar-refractivity contribution in [2.45, 2.75) is 25.4 Å². The smallest absolute Gasteiger partial charge is 0.336 e. The van der Waals surface area contributed by atoms with Gasteiger partial charge in [-0.2, -0.15) is 0 Å². The monoisotopic (exact) mass is 518 g/mol. The van der Waals surface area contributed by atoms with Crippen LogP contribution in [0.15, 0.2) is 84.9 Å². The van der Waals surface area contributed by atoms with Gasteiger partial charge in [0.05, 0.1) is 13.0 Å². The van der Waals surface area contributed by atoms with Gasteiger partial charge in [-0.25, -0.2) is 4.79 Å². The van der Waals surface area contributed by atoms with Crippen molar-refractivity contribution in [3.8, 4) is 11.5 Å². The standard InChI is InChI=1S/C30H30O8/c31-27(24-10-6-9-23(18-24)20-29(32)33)15-14-22-8-7-13-26(19-22)38-21-28(30(34)35)37-17-5-4-16-36-25-11-2-1-3-12-25/h1-3,6-15,18-19,28H,4-5,16-17,20-21H2,(H,32,33)(H,34,35)/b15-14+. The molecule has 0 saturated carbocycles. The van der Waals surface area contributed by atoms with Crippen LogP contribution in [0.25, 0.3) is 6.08 Å². The van der Waals surface area contributed by atoms with E-state index in [0.717, 1.165) is 12.2 Å². The maximum absolute atomic E-state index is 12.5. The van der Waals surface area contributed by atoms with Crippen LogP contribution in [0.2, 0.25) is 0 Å². The minimum absolute atomic E-state index is 0.159. The molecular formula is C30H30O8. The Labute approximate surface area is 221 Å². The first kappa shape index (κ1) is 28.1. The highest BCUT2D eigenvalue weighted by Crippen LogP contribution is 2.16. The average Bonchev–Trinajstić information content (AvgIpc) is 2.91. The minimum atomic E-state index is -1.12. The van der Waals surface area contributed by atoms with E-state index in [2.05, 4.69) is 0 Å². The number of carboxylic acid groups (broad SMARTS) is 2. The predicted molar refractivity (Wildman–Crippen MR) is 142 cm³/mol. The molecule has 8 heteroatoms. The van der Waals surface area contributed by atoms with Gasteiger partial charge in [-0.3, -0.25) is 9.59 Å². The van der Waals surface area contributed by atoms with Crippen molar-refractivity contribution in [3.05, 3.63) is 102 Å². The lowest BCUT2D eigenvalue weighted by molar-refractivity contribution is -0.152. The molecule has 0 aliphatic heterocycles. The van der Waals surface area contributed by atoms with Crippen LogP contribution in [-0.4, -0.2) is 53.9 Å². The van der Waals surface area contributed by atoms with Gasteiger partial charge < -0.3 is 24.4 Å². The number of ketones is 1. The Morgan fingerprint density at radius 2 is 1.53 bits per heavy atom. The van der Waals surface area contributed by atoms with Crippen LogP contribution < -0.4 is 9.47 Å². The molecule has 0 amide bonds. The molecule has 0 aliphatic carbocycles. The van der Waals surface area contributed by atoms with E-state index in [1.165, 1.54) is 6.08 Å². The SMILES string of the molecule is O=C(O)Cc1cccc(C(=O)/C=C/c2cccc(OCC(OCCCCOc3ccccc3)C(=O)O)c2)c1. The summed E-state index contributed by atoms with van der Waals surface area (Å²) in [6.07, 6.45) is 3.09. The number of hydrogen-bond acceptors (Lipinski definition) is 6. The molecular weight excluding hydrogens is 488 g/mol. The van der Waals surface area contributed by atoms with Crippen LogP contribution in [0.3, 0.4) is 0 Å². The second-order valence-corrected chi connectivity index (χ2v) is 8.42. The number of carbonyl (C=O) groups is 3. The number of allylic oxidation sites excluding steroid dienone is 1. The lowest BCUT2D eigenvalue weighted by atomic mass is 10.0. The molecule has 0 saturated heterocycles. The maximum Gasteiger partial charge on any atom is 0.336 e. The zero-order chi connectivity index (χ0) is 27.2. The van der Waals surface area contributed by atoms with Crippen molar-refractivity contribution in [3.63, 3.8) is 0 Å². The normalized spacial score (nSPS) is 11.7. The van der Waals surface area contributed by atoms with E-state index in [9.17, 15) is 19.5 Å². The second-order valence-electron chi connectivity index (χ2n) is 8.42. The zero-order valence-electron chi connectivity index (χ0n) is 20.8. The molecule has 3 rings (SSSR count). The fraction of sp³-hybridized carbons (Fsp3) is 0.233. The van der Waals surface area contributed by atoms with Crippen molar-refractivity contribution in [2.24, 2.45) is 0 Å². The van der Waals surface area contributed by atoms with Gasteiger partial charge >= 0.3 is 11.9 Å². The lowest BCUT2D eigenvalue weighted by Gasteiger charge is -2.15. The molecule has 1 unspecified atom stereocenters. The summed E-state index contributed by atoms with van der Waals surface area (Å²) in [5, 5.41) is 18.4. The van der Waals surface area contributed by atoms with Crippen molar-refractivity contribution in [2.75, 3.05) is 19.8 Å². The number of carboxylic acids is 2. The van der Waals surface area contributed by atoms with E-state index in [1.54, 1.807) is 54.6 Å². The Balaban J connectivity index is 1.45. The van der Waals surface area contributed by atoms with E-state index in [-0.39, 0.29) is 25.4 Å². The van der Waals surface area contributed by atoms with Crippen molar-refractivity contribution >= 4 is 23.8 Å². The third-order valence-electron chi connectivity index (χ3n) is 5.40. The van der Waals surface area contributed by atoms with Crippen molar-refractivity contribution in [1.82, 2.24) is 0 Å². The number of ether oxygens (including phenoxy) is 3. The summed E-state index contributed by atoms with van der Waals surface area (Å²) < 4.78 is 16.8. The number of hydrogen-bond donors (Lipinski definition) is 2. The Hall–Kier alpha value is -4.43. The van der Waals surface area contributed by atoms with Gasteiger partial charge in [0.25, 0.3) is 0 Å². The molecule has 0 spiro atoms. The Morgan fingerprint density at radius 3 is 2.29 bits per heavy atom. The highest BCUT2D eigenvalue weighted by atomic mass is 16.5. The van der Waals surface area contributed by atoms with Crippen LogP contribution in [0.1, 0.15) is 34.3 Å². The molecule has 0 bridgehead atoms. The summed E-state index contributed by atoms with van der Waals surface area (Å²) in [5.41, 5.74) is 1.62. The fourth-order valence-corrected chi connectivity index (χ4v) is 3.48. The van der Waals surface area contributed by atoms with E-state index < -0.39 is 18.0 Å². The largest absolute Gasteiger partial charge is 0.494 e. The quantitative estimate of drug-likeness (QED) is 0.156.